The van der Waals surface area contributed by atoms with Gasteiger partial charge in [-0.15, -0.1) is 0 Å². The molecule has 2 saturated heterocycles. The molecule has 0 aliphatic carbocycles. The number of ether oxygens (including phenoxy) is 1. The summed E-state index contributed by atoms with van der Waals surface area (Å²) in [4.78, 5) is 71.2. The molecule has 4 atom stereocenters. The smallest absolute Gasteiger partial charge is 0.407 e. The number of nitrogens with one attached hydrogen (secondary N) is 3. The van der Waals surface area contributed by atoms with E-state index in [2.05, 4.69) is 49.0 Å². The highest BCUT2D eigenvalue weighted by Crippen LogP contribution is 2.36. The van der Waals surface area contributed by atoms with Gasteiger partial charge in [-0.25, -0.2) is 24.7 Å². The normalized spacial score (nSPS) is 17.9. The van der Waals surface area contributed by atoms with E-state index in [0.29, 0.717) is 24.7 Å². The van der Waals surface area contributed by atoms with Gasteiger partial charge in [0.1, 0.15) is 17.7 Å². The van der Waals surface area contributed by atoms with E-state index in [0.717, 1.165) is 78.2 Å². The highest BCUT2D eigenvalue weighted by Gasteiger charge is 2.39. The number of carbonyl (C=O) groups is 3. The zero-order chi connectivity index (χ0) is 40.1. The maximum Gasteiger partial charge on any atom is 0.407 e. The van der Waals surface area contributed by atoms with E-state index >= 15 is 0 Å². The molecule has 14 nitrogen and oxygen atoms in total. The highest BCUT2D eigenvalue weighted by atomic mass is 16.6. The second kappa shape index (κ2) is 17.5. The number of benzene rings is 2. The average Bonchev–Trinajstić information content (AvgIpc) is 4.09. The third-order valence-corrected chi connectivity index (χ3v) is 11.1. The molecule has 14 heteroatoms. The van der Waals surface area contributed by atoms with Crippen LogP contribution in [-0.2, 0) is 14.3 Å². The number of H-pyrrole nitrogens is 2. The second-order valence-electron chi connectivity index (χ2n) is 15.0. The van der Waals surface area contributed by atoms with Gasteiger partial charge < -0.3 is 29.8 Å². The first kappa shape index (κ1) is 39.3. The summed E-state index contributed by atoms with van der Waals surface area (Å²) in [5.74, 6) is 1.76. The number of rotatable bonds is 13. The van der Waals surface area contributed by atoms with Crippen molar-refractivity contribution in [3.05, 3.63) is 96.6 Å². The number of nitrogens with zero attached hydrogens (tertiary/aromatic N) is 7. The summed E-state index contributed by atoms with van der Waals surface area (Å²) in [6.07, 6.45) is 8.94. The van der Waals surface area contributed by atoms with Crippen LogP contribution in [-0.4, -0.2) is 102 Å². The summed E-state index contributed by atoms with van der Waals surface area (Å²) in [6, 6.07) is 17.4. The monoisotopic (exact) mass is 772 g/mol. The molecule has 2 fully saturated rings. The summed E-state index contributed by atoms with van der Waals surface area (Å²) in [5, 5.41) is 2.43. The fourth-order valence-electron chi connectivity index (χ4n) is 8.05. The van der Waals surface area contributed by atoms with Crippen molar-refractivity contribution in [2.75, 3.05) is 33.2 Å². The van der Waals surface area contributed by atoms with E-state index in [1.165, 1.54) is 7.05 Å². The fourth-order valence-corrected chi connectivity index (χ4v) is 8.05. The number of imidazole rings is 2. The predicted octanol–water partition coefficient (Wildman–Crippen LogP) is 6.71. The lowest BCUT2D eigenvalue weighted by Crippen LogP contribution is -2.45. The van der Waals surface area contributed by atoms with Crippen molar-refractivity contribution in [1.82, 2.24) is 49.9 Å². The molecule has 5 heterocycles. The Morgan fingerprint density at radius 2 is 1.30 bits per heavy atom. The summed E-state index contributed by atoms with van der Waals surface area (Å²) < 4.78 is 5.43. The van der Waals surface area contributed by atoms with E-state index in [1.807, 2.05) is 79.5 Å². The minimum atomic E-state index is -0.886. The Balaban J connectivity index is 1.01. The maximum absolute atomic E-state index is 14.2. The van der Waals surface area contributed by atoms with Gasteiger partial charge in [0.05, 0.1) is 35.9 Å². The number of likely N-dealkylation sites (N-methyl/N-ethyl adjacent to an activating group) is 1. The molecule has 2 aliphatic heterocycles. The van der Waals surface area contributed by atoms with E-state index in [-0.39, 0.29) is 35.9 Å². The van der Waals surface area contributed by atoms with Crippen LogP contribution in [0.25, 0.3) is 33.9 Å². The standard InChI is InChI=1S/C43H52N10O4/c1-6-51(7-2)36(29-13-9-8-10-14-29)41(54)52-21-11-15-34(52)39-47-25-32(49-39)28-17-19-30(20-18-28)38-45-23-31(24-46-38)33-26-48-40(50-33)35-16-12-22-53(35)42(55)37(27(3)4)57-43(56)44-5/h8-10,13-14,17-20,23-27,34-37H,6-7,11-12,15-16,21-22H2,1-5H3,(H,44,56)(H,47,49)(H,48,50)/t34-,35-,36+,37-/m0/s1. The molecule has 0 bridgehead atoms. The highest BCUT2D eigenvalue weighted by molar-refractivity contribution is 5.85. The topological polar surface area (TPSA) is 165 Å². The molecule has 0 saturated carbocycles. The molecule has 2 aliphatic rings. The molecule has 3 aromatic heterocycles. The number of amides is 3. The first-order valence-electron chi connectivity index (χ1n) is 20.0. The fraction of sp³-hybridized carbons (Fsp3) is 0.419. The Bertz CT molecular complexity index is 2130. The zero-order valence-electron chi connectivity index (χ0n) is 33.3. The SMILES string of the molecule is CCN(CC)[C@@H](C(=O)N1CCC[C@H]1c1ncc(-c2ccc(-c3ncc(-c4cnc([C@@H]5CCCN5C(=O)[C@@H](OC(=O)NC)C(C)C)[nH]4)cn3)cc2)[nH]1)c1ccccc1. The number of carbonyl (C=O) groups excluding carboxylic acids is 3. The van der Waals surface area contributed by atoms with Gasteiger partial charge in [0.15, 0.2) is 11.9 Å². The lowest BCUT2D eigenvalue weighted by atomic mass is 10.0. The molecule has 0 spiro atoms. The van der Waals surface area contributed by atoms with Gasteiger partial charge in [-0.3, -0.25) is 14.5 Å². The number of likely N-dealkylation sites (tertiary alicyclic amines) is 2. The first-order chi connectivity index (χ1) is 27.7. The zero-order valence-corrected chi connectivity index (χ0v) is 33.3. The first-order valence-corrected chi connectivity index (χ1v) is 20.0. The Kier molecular flexibility index (Phi) is 12.1. The van der Waals surface area contributed by atoms with Crippen LogP contribution in [0.4, 0.5) is 4.79 Å². The lowest BCUT2D eigenvalue weighted by molar-refractivity contribution is -0.143. The Morgan fingerprint density at radius 3 is 1.84 bits per heavy atom. The number of hydrogen-bond donors (Lipinski definition) is 3. The molecule has 2 aromatic carbocycles. The van der Waals surface area contributed by atoms with E-state index < -0.39 is 12.2 Å². The summed E-state index contributed by atoms with van der Waals surface area (Å²) in [6.45, 7) is 10.8. The molecular weight excluding hydrogens is 721 g/mol. The van der Waals surface area contributed by atoms with Gasteiger partial charge in [-0.1, -0.05) is 82.3 Å². The minimum Gasteiger partial charge on any atom is -0.436 e. The molecule has 3 amide bonds. The van der Waals surface area contributed by atoms with Crippen molar-refractivity contribution in [1.29, 1.82) is 0 Å². The molecule has 0 radical (unpaired) electrons. The summed E-state index contributed by atoms with van der Waals surface area (Å²) >= 11 is 0. The Morgan fingerprint density at radius 1 is 0.754 bits per heavy atom. The van der Waals surface area contributed by atoms with Crippen molar-refractivity contribution in [2.24, 2.45) is 5.92 Å². The third kappa shape index (κ3) is 8.31. The molecule has 7 rings (SSSR count). The average molecular weight is 773 g/mol. The number of aromatic amines is 2. The third-order valence-electron chi connectivity index (χ3n) is 11.1. The van der Waals surface area contributed by atoms with Gasteiger partial charge in [0, 0.05) is 43.7 Å². The van der Waals surface area contributed by atoms with Crippen LogP contribution in [0.15, 0.2) is 79.4 Å². The Labute approximate surface area is 333 Å². The minimum absolute atomic E-state index is 0.114. The van der Waals surface area contributed by atoms with Crippen molar-refractivity contribution < 1.29 is 19.1 Å². The molecule has 5 aromatic rings. The molecule has 298 valence electrons. The van der Waals surface area contributed by atoms with Crippen molar-refractivity contribution >= 4 is 17.9 Å². The Hall–Kier alpha value is -5.89. The van der Waals surface area contributed by atoms with Crippen LogP contribution in [0.3, 0.4) is 0 Å². The van der Waals surface area contributed by atoms with Gasteiger partial charge >= 0.3 is 6.09 Å². The molecule has 0 unspecified atom stereocenters. The van der Waals surface area contributed by atoms with Crippen molar-refractivity contribution in [3.63, 3.8) is 0 Å². The van der Waals surface area contributed by atoms with Crippen LogP contribution in [0.1, 0.15) is 88.7 Å². The largest absolute Gasteiger partial charge is 0.436 e. The quantitative estimate of drug-likeness (QED) is 0.118. The molecular formula is C43H52N10O4. The summed E-state index contributed by atoms with van der Waals surface area (Å²) in [5.41, 5.74) is 5.25. The number of aromatic nitrogens is 6. The van der Waals surface area contributed by atoms with E-state index in [1.54, 1.807) is 23.5 Å². The van der Waals surface area contributed by atoms with Crippen molar-refractivity contribution in [3.8, 4) is 33.9 Å². The summed E-state index contributed by atoms with van der Waals surface area (Å²) in [7, 11) is 1.47. The van der Waals surface area contributed by atoms with Crippen LogP contribution in [0.5, 0.6) is 0 Å². The van der Waals surface area contributed by atoms with E-state index in [4.69, 9.17) is 9.72 Å². The maximum atomic E-state index is 14.2. The molecule has 3 N–H and O–H groups in total. The van der Waals surface area contributed by atoms with Crippen molar-refractivity contribution in [2.45, 2.75) is 77.6 Å². The van der Waals surface area contributed by atoms with Gasteiger partial charge in [0.25, 0.3) is 5.91 Å². The van der Waals surface area contributed by atoms with Gasteiger partial charge in [0.2, 0.25) is 5.91 Å². The predicted molar refractivity (Wildman–Crippen MR) is 216 cm³/mol. The van der Waals surface area contributed by atoms with Gasteiger partial charge in [-0.05, 0) is 55.8 Å². The lowest BCUT2D eigenvalue weighted by Gasteiger charge is -2.34. The van der Waals surface area contributed by atoms with Gasteiger partial charge in [-0.2, -0.15) is 0 Å². The van der Waals surface area contributed by atoms with E-state index in [9.17, 15) is 14.4 Å². The van der Waals surface area contributed by atoms with Crippen LogP contribution >= 0.6 is 0 Å². The number of alkyl carbamates (subject to hydrolysis) is 1. The van der Waals surface area contributed by atoms with Crippen LogP contribution in [0, 0.1) is 5.92 Å². The molecule has 57 heavy (non-hydrogen) atoms. The van der Waals surface area contributed by atoms with Crippen LogP contribution < -0.4 is 5.32 Å². The van der Waals surface area contributed by atoms with Crippen LogP contribution in [0.2, 0.25) is 0 Å². The number of hydrogen-bond acceptors (Lipinski definition) is 9. The second-order valence-corrected chi connectivity index (χ2v) is 15.0.